The van der Waals surface area contributed by atoms with Crippen molar-refractivity contribution in [3.05, 3.63) is 23.6 Å². The average molecular weight is 193 g/mol. The number of hydrogen-bond acceptors (Lipinski definition) is 2. The predicted octanol–water partition coefficient (Wildman–Crippen LogP) is 2.39. The molecule has 2 aliphatic rings. The summed E-state index contributed by atoms with van der Waals surface area (Å²) in [6, 6.07) is 0. The summed E-state index contributed by atoms with van der Waals surface area (Å²) < 4.78 is 5.78. The van der Waals surface area contributed by atoms with Gasteiger partial charge in [0.15, 0.2) is 0 Å². The van der Waals surface area contributed by atoms with Crippen LogP contribution in [-0.4, -0.2) is 25.1 Å². The second-order valence-electron chi connectivity index (χ2n) is 4.49. The van der Waals surface area contributed by atoms with Gasteiger partial charge in [-0.15, -0.1) is 0 Å². The van der Waals surface area contributed by atoms with Crippen LogP contribution in [0.3, 0.4) is 0 Å². The van der Waals surface area contributed by atoms with Gasteiger partial charge in [-0.1, -0.05) is 19.9 Å². The molecule has 2 heteroatoms. The largest absolute Gasteiger partial charge is 0.494 e. The summed E-state index contributed by atoms with van der Waals surface area (Å²) in [6.45, 7) is 6.37. The maximum Gasteiger partial charge on any atom is 0.122 e. The van der Waals surface area contributed by atoms with Crippen molar-refractivity contribution < 1.29 is 4.74 Å². The second-order valence-corrected chi connectivity index (χ2v) is 4.49. The van der Waals surface area contributed by atoms with Gasteiger partial charge < -0.3 is 9.64 Å². The van der Waals surface area contributed by atoms with E-state index in [1.807, 2.05) is 0 Å². The third kappa shape index (κ3) is 1.66. The van der Waals surface area contributed by atoms with E-state index in [0.717, 1.165) is 13.2 Å². The Morgan fingerprint density at radius 3 is 3.00 bits per heavy atom. The lowest BCUT2D eigenvalue weighted by molar-refractivity contribution is 0.119. The van der Waals surface area contributed by atoms with E-state index in [2.05, 4.69) is 37.9 Å². The lowest BCUT2D eigenvalue weighted by atomic mass is 9.97. The lowest BCUT2D eigenvalue weighted by Crippen LogP contribution is -2.29. The van der Waals surface area contributed by atoms with Crippen LogP contribution in [0.5, 0.6) is 0 Å². The summed E-state index contributed by atoms with van der Waals surface area (Å²) in [7, 11) is 2.14. The lowest BCUT2D eigenvalue weighted by Gasteiger charge is -2.30. The van der Waals surface area contributed by atoms with Crippen LogP contribution in [0, 0.1) is 11.8 Å². The van der Waals surface area contributed by atoms with Gasteiger partial charge in [0.1, 0.15) is 12.4 Å². The minimum Gasteiger partial charge on any atom is -0.494 e. The van der Waals surface area contributed by atoms with E-state index in [9.17, 15) is 0 Å². The Morgan fingerprint density at radius 1 is 1.43 bits per heavy atom. The van der Waals surface area contributed by atoms with E-state index in [4.69, 9.17) is 4.74 Å². The zero-order valence-corrected chi connectivity index (χ0v) is 9.29. The summed E-state index contributed by atoms with van der Waals surface area (Å²) in [5.41, 5.74) is 1.29. The average Bonchev–Trinajstić information content (AvgIpc) is 2.28. The summed E-state index contributed by atoms with van der Waals surface area (Å²) >= 11 is 0. The molecular weight excluding hydrogens is 174 g/mol. The summed E-state index contributed by atoms with van der Waals surface area (Å²) in [6.07, 6.45) is 5.72. The van der Waals surface area contributed by atoms with Gasteiger partial charge in [-0.3, -0.25) is 0 Å². The highest BCUT2D eigenvalue weighted by Gasteiger charge is 2.24. The van der Waals surface area contributed by atoms with Crippen molar-refractivity contribution in [3.8, 4) is 0 Å². The SMILES string of the molecule is CC1C=CC2=C(OCCN2C)C(C)C1. The molecule has 1 heterocycles. The summed E-state index contributed by atoms with van der Waals surface area (Å²) in [4.78, 5) is 2.30. The number of nitrogens with zero attached hydrogens (tertiary/aromatic N) is 1. The van der Waals surface area contributed by atoms with E-state index < -0.39 is 0 Å². The van der Waals surface area contributed by atoms with Crippen LogP contribution in [0.2, 0.25) is 0 Å². The molecule has 0 N–H and O–H groups in total. The van der Waals surface area contributed by atoms with Crippen molar-refractivity contribution in [2.75, 3.05) is 20.2 Å². The molecular formula is C12H19NO. The number of ether oxygens (including phenoxy) is 1. The number of hydrogen-bond donors (Lipinski definition) is 0. The van der Waals surface area contributed by atoms with Crippen molar-refractivity contribution in [1.82, 2.24) is 4.90 Å². The van der Waals surface area contributed by atoms with Gasteiger partial charge in [0.05, 0.1) is 12.2 Å². The standard InChI is InChI=1S/C12H19NO/c1-9-4-5-11-12(10(2)8-9)14-7-6-13(11)3/h4-5,9-10H,6-8H2,1-3H3. The summed E-state index contributed by atoms with van der Waals surface area (Å²) in [5, 5.41) is 0. The first-order valence-corrected chi connectivity index (χ1v) is 5.45. The van der Waals surface area contributed by atoms with Crippen molar-refractivity contribution in [2.24, 2.45) is 11.8 Å². The van der Waals surface area contributed by atoms with E-state index >= 15 is 0 Å². The summed E-state index contributed by atoms with van der Waals surface area (Å²) in [5.74, 6) is 2.41. The predicted molar refractivity (Wildman–Crippen MR) is 57.7 cm³/mol. The van der Waals surface area contributed by atoms with Gasteiger partial charge in [-0.2, -0.15) is 0 Å². The van der Waals surface area contributed by atoms with Crippen LogP contribution in [0.15, 0.2) is 23.6 Å². The fourth-order valence-electron chi connectivity index (χ4n) is 2.28. The van der Waals surface area contributed by atoms with Gasteiger partial charge in [0, 0.05) is 13.0 Å². The monoisotopic (exact) mass is 193 g/mol. The molecule has 1 aliphatic heterocycles. The molecule has 14 heavy (non-hydrogen) atoms. The molecule has 0 saturated heterocycles. The highest BCUT2D eigenvalue weighted by atomic mass is 16.5. The van der Waals surface area contributed by atoms with Crippen molar-refractivity contribution in [1.29, 1.82) is 0 Å². The third-order valence-electron chi connectivity index (χ3n) is 3.10. The molecule has 2 atom stereocenters. The van der Waals surface area contributed by atoms with E-state index in [1.165, 1.54) is 17.9 Å². The Labute approximate surface area is 86.2 Å². The van der Waals surface area contributed by atoms with Gasteiger partial charge >= 0.3 is 0 Å². The molecule has 0 bridgehead atoms. The van der Waals surface area contributed by atoms with E-state index in [1.54, 1.807) is 0 Å². The minimum absolute atomic E-state index is 0.553. The zero-order chi connectivity index (χ0) is 10.1. The van der Waals surface area contributed by atoms with Crippen LogP contribution < -0.4 is 0 Å². The van der Waals surface area contributed by atoms with Crippen molar-refractivity contribution in [3.63, 3.8) is 0 Å². The van der Waals surface area contributed by atoms with E-state index in [-0.39, 0.29) is 0 Å². The number of allylic oxidation sites excluding steroid dienone is 3. The Hall–Kier alpha value is -0.920. The highest BCUT2D eigenvalue weighted by molar-refractivity contribution is 5.26. The molecule has 1 aliphatic carbocycles. The van der Waals surface area contributed by atoms with Crippen molar-refractivity contribution >= 4 is 0 Å². The van der Waals surface area contributed by atoms with Crippen LogP contribution in [-0.2, 0) is 4.74 Å². The molecule has 2 nitrogen and oxygen atoms in total. The van der Waals surface area contributed by atoms with Crippen molar-refractivity contribution in [2.45, 2.75) is 20.3 Å². The van der Waals surface area contributed by atoms with Gasteiger partial charge in [0.25, 0.3) is 0 Å². The first-order valence-electron chi connectivity index (χ1n) is 5.45. The maximum absolute atomic E-state index is 5.78. The second kappa shape index (κ2) is 3.68. The first-order chi connectivity index (χ1) is 6.68. The van der Waals surface area contributed by atoms with Crippen LogP contribution in [0.25, 0.3) is 0 Å². The Bertz CT molecular complexity index is 280. The first kappa shape index (κ1) is 9.63. The molecule has 0 aromatic carbocycles. The van der Waals surface area contributed by atoms with Gasteiger partial charge in [0.2, 0.25) is 0 Å². The van der Waals surface area contributed by atoms with Gasteiger partial charge in [-0.05, 0) is 18.4 Å². The molecule has 0 saturated carbocycles. The quantitative estimate of drug-likeness (QED) is 0.585. The van der Waals surface area contributed by atoms with Crippen LogP contribution >= 0.6 is 0 Å². The molecule has 0 aromatic heterocycles. The normalized spacial score (nSPS) is 32.4. The zero-order valence-electron chi connectivity index (χ0n) is 9.29. The molecule has 2 rings (SSSR count). The third-order valence-corrected chi connectivity index (χ3v) is 3.10. The Morgan fingerprint density at radius 2 is 2.21 bits per heavy atom. The van der Waals surface area contributed by atoms with E-state index in [0.29, 0.717) is 11.8 Å². The Kier molecular flexibility index (Phi) is 2.53. The number of likely N-dealkylation sites (N-methyl/N-ethyl adjacent to an activating group) is 1. The molecule has 0 fully saturated rings. The molecule has 2 unspecified atom stereocenters. The molecule has 0 radical (unpaired) electrons. The fourth-order valence-corrected chi connectivity index (χ4v) is 2.28. The van der Waals surface area contributed by atoms with Crippen LogP contribution in [0.1, 0.15) is 20.3 Å². The molecule has 78 valence electrons. The molecule has 0 spiro atoms. The fraction of sp³-hybridized carbons (Fsp3) is 0.667. The molecule has 0 amide bonds. The molecule has 0 aromatic rings. The Balaban J connectivity index is 2.32. The maximum atomic E-state index is 5.78. The topological polar surface area (TPSA) is 12.5 Å². The van der Waals surface area contributed by atoms with Gasteiger partial charge in [-0.25, -0.2) is 0 Å². The smallest absolute Gasteiger partial charge is 0.122 e. The van der Waals surface area contributed by atoms with Crippen LogP contribution in [0.4, 0.5) is 0 Å². The highest BCUT2D eigenvalue weighted by Crippen LogP contribution is 2.31. The minimum atomic E-state index is 0.553. The number of rotatable bonds is 0.